The van der Waals surface area contributed by atoms with E-state index in [1.807, 2.05) is 6.08 Å². The molecule has 0 amide bonds. The summed E-state index contributed by atoms with van der Waals surface area (Å²) in [6, 6.07) is -1.04. The van der Waals surface area contributed by atoms with Gasteiger partial charge >= 0.3 is 7.60 Å². The van der Waals surface area contributed by atoms with Crippen molar-refractivity contribution in [3.05, 3.63) is 12.7 Å². The van der Waals surface area contributed by atoms with Crippen molar-refractivity contribution in [3.8, 4) is 0 Å². The van der Waals surface area contributed by atoms with Gasteiger partial charge in [-0.1, -0.05) is 17.9 Å². The lowest BCUT2D eigenvalue weighted by Gasteiger charge is -2.24. The Morgan fingerprint density at radius 3 is 1.06 bits per heavy atom. The van der Waals surface area contributed by atoms with E-state index >= 15 is 0 Å². The highest BCUT2D eigenvalue weighted by Gasteiger charge is 2.41. The average molecular weight is 1420 g/mol. The summed E-state index contributed by atoms with van der Waals surface area (Å²) < 4.78 is 108. The summed E-state index contributed by atoms with van der Waals surface area (Å²) in [6.07, 6.45) is 12.9. The minimum Gasteiger partial charge on any atom is -0.780 e. The Morgan fingerprint density at radius 1 is 0.511 bits per heavy atom. The molecule has 6 fully saturated rings. The molecule has 0 saturated carbocycles. The standard InChI is InChI=1S/C14H22B2O3.2C13H22B2O4.C3H12N2O6P2.CH5O3P.H4NO3P.H3O4P.H3O3PS/c1-3-9-6-13(15)18-11(9)5-4-10-7-14(16)19-12(10)8-17-2;1-16-6-10-8(4-12(14)18-10)3-9-5-13(15)19-11(9)7-17-2;1-16-7-11-8(5-12(14)19-11)3-4-9-10(17-2)6-13(15)18-9;6-12(7,8)4-2-1-3-5-13(9,10)11;3*1-5(2,3)4;1-4(2,3)5/h3,9-14H,1,4-8H2,2H3;2*8-13H,3-7H2,1-2H3;1-3H2,(H3,4,6,7,8)(H3,5,9,10,11);1H3,(H2,2,3,4);(H4,1,2,3,4);(H3,1,2,3,4);(H3,1,2,3,5)/p-5. The monoisotopic (exact) mass is 1420 g/mol. The molecule has 6 aliphatic rings. The molecular weight excluding hydrogens is 1330 g/mol. The van der Waals surface area contributed by atoms with E-state index in [-0.39, 0.29) is 98.3 Å². The molecule has 12 radical (unpaired) electrons. The summed E-state index contributed by atoms with van der Waals surface area (Å²) >= 11 is 3.49. The summed E-state index contributed by atoms with van der Waals surface area (Å²) in [4.78, 5) is 115. The third-order valence-corrected chi connectivity index (χ3v) is 14.6. The Kier molecular flexibility index (Phi) is 48.5. The van der Waals surface area contributed by atoms with Crippen LogP contribution in [0.3, 0.4) is 0 Å². The van der Waals surface area contributed by atoms with Crippen molar-refractivity contribution < 1.29 is 143 Å². The van der Waals surface area contributed by atoms with Crippen molar-refractivity contribution >= 4 is 104 Å². The molecule has 21 unspecified atom stereocenters. The Bertz CT molecular complexity index is 2060. The summed E-state index contributed by atoms with van der Waals surface area (Å²) in [6.45, 7) is 2.83. The fourth-order valence-electron chi connectivity index (χ4n) is 10.1. The summed E-state index contributed by atoms with van der Waals surface area (Å²) in [5.74, 6) is 2.06. The van der Waals surface area contributed by atoms with Gasteiger partial charge in [0, 0.05) is 97.2 Å². The largest absolute Gasteiger partial charge is 0.780 e. The van der Waals surface area contributed by atoms with Crippen molar-refractivity contribution in [2.45, 2.75) is 156 Å². The maximum absolute atomic E-state index is 10.1. The van der Waals surface area contributed by atoms with E-state index in [0.29, 0.717) is 56.0 Å². The van der Waals surface area contributed by atoms with Crippen LogP contribution in [0.25, 0.3) is 0 Å². The molecule has 0 spiro atoms. The third kappa shape index (κ3) is 53.8. The van der Waals surface area contributed by atoms with E-state index in [4.69, 9.17) is 167 Å². The van der Waals surface area contributed by atoms with E-state index < -0.39 is 45.4 Å². The average Bonchev–Trinajstić information content (AvgIpc) is 2.21. The van der Waals surface area contributed by atoms with Gasteiger partial charge < -0.3 is 121 Å². The third-order valence-electron chi connectivity index (χ3n) is 13.4. The first-order valence-corrected chi connectivity index (χ1v) is 38.7. The second kappa shape index (κ2) is 47.0. The number of nitrogens with one attached hydrogen (secondary N) is 2. The molecule has 13 N–H and O–H groups in total. The summed E-state index contributed by atoms with van der Waals surface area (Å²) in [5, 5.41) is 3.50. The minimum atomic E-state index is -4.89. The smallest absolute Gasteiger partial charge is 0.322 e. The van der Waals surface area contributed by atoms with Gasteiger partial charge in [0.25, 0.3) is 7.82 Å². The highest BCUT2D eigenvalue weighted by molar-refractivity contribution is 8.05. The van der Waals surface area contributed by atoms with Crippen LogP contribution in [0.4, 0.5) is 0 Å². The van der Waals surface area contributed by atoms with Gasteiger partial charge in [-0.2, -0.15) is 0 Å². The number of methoxy groups -OCH3 is 5. The highest BCUT2D eigenvalue weighted by Crippen LogP contribution is 2.39. The van der Waals surface area contributed by atoms with E-state index in [1.165, 1.54) is 0 Å². The van der Waals surface area contributed by atoms with Crippen molar-refractivity contribution in [3.63, 3.8) is 0 Å². The first-order valence-electron chi connectivity index (χ1n) is 27.7. The molecule has 21 atom stereocenters. The molecule has 6 rings (SSSR count). The van der Waals surface area contributed by atoms with E-state index in [1.54, 1.807) is 45.7 Å². The maximum atomic E-state index is 10.1. The second-order valence-corrected chi connectivity index (χ2v) is 30.1. The Labute approximate surface area is 540 Å². The molecule has 0 aromatic heterocycles. The van der Waals surface area contributed by atoms with Crippen LogP contribution in [0, 0.1) is 29.6 Å². The lowest BCUT2D eigenvalue weighted by atomic mass is 9.80. The molecule has 0 aliphatic carbocycles. The lowest BCUT2D eigenvalue weighted by Crippen LogP contribution is -2.28. The normalized spacial score (nSPS) is 33.2. The first-order chi connectivity index (χ1) is 41.1. The van der Waals surface area contributed by atoms with Gasteiger partial charge in [-0.3, -0.25) is 38.5 Å². The Morgan fingerprint density at radius 2 is 0.767 bits per heavy atom. The number of rotatable bonds is 24. The number of phosphoric acid groups is 1. The van der Waals surface area contributed by atoms with Gasteiger partial charge in [0.05, 0.1) is 69.2 Å². The topological polar surface area (TPSA) is 534 Å². The predicted octanol–water partition coefficient (Wildman–Crippen LogP) is -4.85. The summed E-state index contributed by atoms with van der Waals surface area (Å²) in [5.41, 5.74) is 3.91. The molecule has 0 bridgehead atoms. The van der Waals surface area contributed by atoms with E-state index in [2.05, 4.69) is 23.9 Å². The summed E-state index contributed by atoms with van der Waals surface area (Å²) in [7, 11) is 21.7. The van der Waals surface area contributed by atoms with Crippen LogP contribution in [0.1, 0.15) is 77.0 Å². The Hall–Kier alpha value is 0.810. The Balaban J connectivity index is 0. The van der Waals surface area contributed by atoms with E-state index in [0.717, 1.165) is 77.3 Å². The molecule has 0 aromatic carbocycles. The first kappa shape index (κ1) is 92.9. The fourth-order valence-corrected chi connectivity index (χ4v) is 11.0. The van der Waals surface area contributed by atoms with Gasteiger partial charge in [0.15, 0.2) is 7.75 Å². The molecule has 6 saturated heterocycles. The van der Waals surface area contributed by atoms with Gasteiger partial charge in [0.2, 0.25) is 15.5 Å². The molecule has 518 valence electrons. The van der Waals surface area contributed by atoms with Crippen LogP contribution in [0.15, 0.2) is 12.7 Å². The second-order valence-electron chi connectivity index (χ2n) is 21.2. The molecule has 33 nitrogen and oxygen atoms in total. The van der Waals surface area contributed by atoms with Crippen LogP contribution in [-0.4, -0.2) is 252 Å². The van der Waals surface area contributed by atoms with Gasteiger partial charge in [-0.15, -0.1) is 6.58 Å². The van der Waals surface area contributed by atoms with Gasteiger partial charge in [-0.25, -0.2) is 0 Å². The number of hydrogen-bond acceptors (Lipinski definition) is 22. The molecule has 0 aromatic rings. The van der Waals surface area contributed by atoms with Gasteiger partial charge in [0.1, 0.15) is 53.8 Å². The quantitative estimate of drug-likeness (QED) is 0.0187. The zero-order valence-corrected chi connectivity index (χ0v) is 57.3. The van der Waals surface area contributed by atoms with Crippen molar-refractivity contribution in [1.29, 1.82) is 0 Å². The SMILES string of the molecule is CP(=O)(O)O.NP(=O)([O-])O.O=P([O-])(O)NCCCNP(=O)([O-])O.O=P([O-])(O)O.[B]C1CC(C=C)C(CCC2CC([B])OC2COC)O1.[B]C1CC(CC2CC([B])OC2COC)C(COC)O1.[B]C1CC(CCC2OC([B])CC2OC)C(COC)O1.[O-]P(O)(O)=S. The molecule has 6 aliphatic heterocycles. The van der Waals surface area contributed by atoms with Crippen LogP contribution in [0.5, 0.6) is 0 Å². The van der Waals surface area contributed by atoms with Crippen molar-refractivity contribution in [1.82, 2.24) is 10.2 Å². The maximum Gasteiger partial charge on any atom is 0.322 e. The van der Waals surface area contributed by atoms with Crippen LogP contribution in [0.2, 0.25) is 0 Å². The predicted molar refractivity (Wildman–Crippen MR) is 326 cm³/mol. The van der Waals surface area contributed by atoms with Crippen molar-refractivity contribution in [2.75, 3.05) is 81.7 Å². The number of ether oxygens (including phenoxy) is 11. The van der Waals surface area contributed by atoms with Gasteiger partial charge in [-0.05, 0) is 101 Å². The number of hydrogen-bond donors (Lipinski definition) is 12. The zero-order chi connectivity index (χ0) is 70.0. The molecule has 6 heterocycles. The van der Waals surface area contributed by atoms with E-state index in [9.17, 15) is 23.5 Å². The number of nitrogens with two attached hydrogens (primary N) is 1. The van der Waals surface area contributed by atoms with Crippen LogP contribution >= 0.6 is 45.4 Å². The highest BCUT2D eigenvalue weighted by atomic mass is 32.5. The fraction of sp³-hybridized carbons (Fsp3) is 0.955. The molecular formula is C44H88B6N3O30P6S-5. The molecule has 90 heavy (non-hydrogen) atoms. The minimum absolute atomic E-state index is 0.0834. The molecule has 46 heteroatoms. The lowest BCUT2D eigenvalue weighted by molar-refractivity contribution is -0.214. The zero-order valence-electron chi connectivity index (χ0n) is 51.1. The van der Waals surface area contributed by atoms with Crippen molar-refractivity contribution in [2.24, 2.45) is 35.1 Å². The van der Waals surface area contributed by atoms with Crippen LogP contribution < -0.4 is 40.1 Å². The van der Waals surface area contributed by atoms with Crippen LogP contribution in [-0.2, 0) is 86.7 Å².